The molecule has 0 aliphatic carbocycles. The lowest BCUT2D eigenvalue weighted by atomic mass is 10.1. The molecule has 1 saturated heterocycles. The molecule has 3 rings (SSSR count). The predicted molar refractivity (Wildman–Crippen MR) is 78.0 cm³/mol. The van der Waals surface area contributed by atoms with Crippen LogP contribution in [0.2, 0.25) is 5.02 Å². The third-order valence-electron chi connectivity index (χ3n) is 3.63. The number of halogens is 1. The Bertz CT molecular complexity index is 573. The highest BCUT2D eigenvalue weighted by Crippen LogP contribution is 2.29. The van der Waals surface area contributed by atoms with Crippen LogP contribution in [-0.4, -0.2) is 28.2 Å². The summed E-state index contributed by atoms with van der Waals surface area (Å²) in [5, 5.41) is 7.46. The standard InChI is InChI=1S/C14H17ClN4/c15-13-7-10(12-8-17-18-14(12)16)3-4-11(13)9-19-5-1-2-6-19/h3-4,7-8H,1-2,5-6,9H2,(H3,16,17,18). The summed E-state index contributed by atoms with van der Waals surface area (Å²) in [5.74, 6) is 0.573. The van der Waals surface area contributed by atoms with Crippen LogP contribution in [0.5, 0.6) is 0 Å². The average Bonchev–Trinajstić information content (AvgIpc) is 3.03. The van der Waals surface area contributed by atoms with Crippen LogP contribution in [0.25, 0.3) is 11.1 Å². The van der Waals surface area contributed by atoms with Crippen molar-refractivity contribution in [1.82, 2.24) is 15.1 Å². The molecule has 3 N–H and O–H groups in total. The highest BCUT2D eigenvalue weighted by Gasteiger charge is 2.14. The van der Waals surface area contributed by atoms with Crippen molar-refractivity contribution in [3.8, 4) is 11.1 Å². The van der Waals surface area contributed by atoms with E-state index in [1.165, 1.54) is 31.5 Å². The van der Waals surface area contributed by atoms with Crippen molar-refractivity contribution in [1.29, 1.82) is 0 Å². The number of nitrogens with two attached hydrogens (primary N) is 1. The zero-order valence-corrected chi connectivity index (χ0v) is 11.5. The van der Waals surface area contributed by atoms with E-state index < -0.39 is 0 Å². The number of nitrogens with zero attached hydrogens (tertiary/aromatic N) is 2. The molecule has 5 heteroatoms. The minimum Gasteiger partial charge on any atom is -0.384 e. The third kappa shape index (κ3) is 2.60. The molecule has 0 amide bonds. The molecule has 2 heterocycles. The first-order valence-corrected chi connectivity index (χ1v) is 6.92. The first-order valence-electron chi connectivity index (χ1n) is 6.54. The third-order valence-corrected chi connectivity index (χ3v) is 3.98. The molecule has 1 aromatic carbocycles. The molecule has 100 valence electrons. The second kappa shape index (κ2) is 5.23. The molecule has 0 saturated carbocycles. The zero-order valence-electron chi connectivity index (χ0n) is 10.7. The fourth-order valence-electron chi connectivity index (χ4n) is 2.55. The summed E-state index contributed by atoms with van der Waals surface area (Å²) in [5.41, 5.74) is 8.90. The van der Waals surface area contributed by atoms with Gasteiger partial charge in [-0.15, -0.1) is 0 Å². The topological polar surface area (TPSA) is 57.9 Å². The largest absolute Gasteiger partial charge is 0.384 e. The zero-order chi connectivity index (χ0) is 13.2. The molecule has 0 radical (unpaired) electrons. The van der Waals surface area contributed by atoms with Crippen LogP contribution in [0.1, 0.15) is 18.4 Å². The van der Waals surface area contributed by atoms with E-state index in [0.29, 0.717) is 5.82 Å². The Morgan fingerprint density at radius 2 is 2.11 bits per heavy atom. The second-order valence-electron chi connectivity index (χ2n) is 4.99. The van der Waals surface area contributed by atoms with E-state index >= 15 is 0 Å². The molecule has 1 fully saturated rings. The van der Waals surface area contributed by atoms with Crippen molar-refractivity contribution in [2.75, 3.05) is 18.8 Å². The van der Waals surface area contributed by atoms with Gasteiger partial charge in [0.15, 0.2) is 0 Å². The quantitative estimate of drug-likeness (QED) is 0.906. The predicted octanol–water partition coefficient (Wildman–Crippen LogP) is 2.91. The van der Waals surface area contributed by atoms with Crippen LogP contribution >= 0.6 is 11.6 Å². The van der Waals surface area contributed by atoms with Crippen LogP contribution in [0.3, 0.4) is 0 Å². The lowest BCUT2D eigenvalue weighted by Crippen LogP contribution is -2.18. The van der Waals surface area contributed by atoms with Crippen molar-refractivity contribution >= 4 is 17.4 Å². The molecule has 1 aliphatic rings. The van der Waals surface area contributed by atoms with E-state index in [0.717, 1.165) is 22.7 Å². The van der Waals surface area contributed by atoms with Crippen LogP contribution in [0.4, 0.5) is 5.82 Å². The maximum atomic E-state index is 6.38. The van der Waals surface area contributed by atoms with Gasteiger partial charge < -0.3 is 5.73 Å². The maximum absolute atomic E-state index is 6.38. The molecular weight excluding hydrogens is 260 g/mol. The maximum Gasteiger partial charge on any atom is 0.126 e. The van der Waals surface area contributed by atoms with Gasteiger partial charge in [0, 0.05) is 17.1 Å². The van der Waals surface area contributed by atoms with Crippen molar-refractivity contribution in [3.05, 3.63) is 35.0 Å². The molecule has 1 aromatic heterocycles. The second-order valence-corrected chi connectivity index (χ2v) is 5.39. The lowest BCUT2D eigenvalue weighted by molar-refractivity contribution is 0.331. The molecule has 1 aliphatic heterocycles. The van der Waals surface area contributed by atoms with Gasteiger partial charge in [-0.2, -0.15) is 5.10 Å². The van der Waals surface area contributed by atoms with Gasteiger partial charge in [0.2, 0.25) is 0 Å². The summed E-state index contributed by atoms with van der Waals surface area (Å²) in [6.45, 7) is 3.28. The minimum atomic E-state index is 0.573. The first-order chi connectivity index (χ1) is 9.24. The van der Waals surface area contributed by atoms with Gasteiger partial charge in [0.05, 0.1) is 6.20 Å². The summed E-state index contributed by atoms with van der Waals surface area (Å²) in [7, 11) is 0. The normalized spacial score (nSPS) is 16.1. The molecule has 0 atom stereocenters. The number of benzene rings is 1. The summed E-state index contributed by atoms with van der Waals surface area (Å²) < 4.78 is 0. The fourth-order valence-corrected chi connectivity index (χ4v) is 2.79. The van der Waals surface area contributed by atoms with E-state index in [-0.39, 0.29) is 0 Å². The SMILES string of the molecule is Nc1[nH]ncc1-c1ccc(CN2CCCC2)c(Cl)c1. The Morgan fingerprint density at radius 1 is 1.32 bits per heavy atom. The van der Waals surface area contributed by atoms with E-state index in [1.54, 1.807) is 6.20 Å². The Kier molecular flexibility index (Phi) is 3.44. The van der Waals surface area contributed by atoms with Gasteiger partial charge >= 0.3 is 0 Å². The minimum absolute atomic E-state index is 0.573. The fraction of sp³-hybridized carbons (Fsp3) is 0.357. The Balaban J connectivity index is 1.83. The number of rotatable bonds is 3. The van der Waals surface area contributed by atoms with Gasteiger partial charge in [0.25, 0.3) is 0 Å². The molecule has 19 heavy (non-hydrogen) atoms. The Morgan fingerprint density at radius 3 is 2.74 bits per heavy atom. The van der Waals surface area contributed by atoms with Crippen molar-refractivity contribution < 1.29 is 0 Å². The molecule has 4 nitrogen and oxygen atoms in total. The molecule has 0 bridgehead atoms. The number of aromatic amines is 1. The molecule has 0 spiro atoms. The highest BCUT2D eigenvalue weighted by molar-refractivity contribution is 6.31. The van der Waals surface area contributed by atoms with Gasteiger partial charge in [-0.3, -0.25) is 10.00 Å². The van der Waals surface area contributed by atoms with Crippen LogP contribution in [0, 0.1) is 0 Å². The molecular formula is C14H17ClN4. The number of nitrogen functional groups attached to an aromatic ring is 1. The van der Waals surface area contributed by atoms with Gasteiger partial charge in [-0.25, -0.2) is 0 Å². The smallest absolute Gasteiger partial charge is 0.126 e. The average molecular weight is 277 g/mol. The van der Waals surface area contributed by atoms with E-state index in [9.17, 15) is 0 Å². The van der Waals surface area contributed by atoms with E-state index in [2.05, 4.69) is 27.2 Å². The van der Waals surface area contributed by atoms with Crippen molar-refractivity contribution in [2.45, 2.75) is 19.4 Å². The number of nitrogens with one attached hydrogen (secondary N) is 1. The summed E-state index contributed by atoms with van der Waals surface area (Å²) in [6, 6.07) is 6.11. The number of likely N-dealkylation sites (tertiary alicyclic amines) is 1. The van der Waals surface area contributed by atoms with Gasteiger partial charge in [-0.05, 0) is 43.1 Å². The number of H-pyrrole nitrogens is 1. The lowest BCUT2D eigenvalue weighted by Gasteiger charge is -2.16. The first kappa shape index (κ1) is 12.5. The number of hydrogen-bond acceptors (Lipinski definition) is 3. The summed E-state index contributed by atoms with van der Waals surface area (Å²) in [6.07, 6.45) is 4.31. The Labute approximate surface area is 117 Å². The van der Waals surface area contributed by atoms with E-state index in [1.807, 2.05) is 6.07 Å². The van der Waals surface area contributed by atoms with Gasteiger partial charge in [0.1, 0.15) is 5.82 Å². The number of aromatic nitrogens is 2. The monoisotopic (exact) mass is 276 g/mol. The number of anilines is 1. The molecule has 0 unspecified atom stereocenters. The van der Waals surface area contributed by atoms with Crippen LogP contribution in [-0.2, 0) is 6.54 Å². The highest BCUT2D eigenvalue weighted by atomic mass is 35.5. The van der Waals surface area contributed by atoms with Crippen LogP contribution in [0.15, 0.2) is 24.4 Å². The summed E-state index contributed by atoms with van der Waals surface area (Å²) in [4.78, 5) is 2.44. The number of hydrogen-bond donors (Lipinski definition) is 2. The summed E-state index contributed by atoms with van der Waals surface area (Å²) >= 11 is 6.38. The van der Waals surface area contributed by atoms with Crippen LogP contribution < -0.4 is 5.73 Å². The molecule has 2 aromatic rings. The van der Waals surface area contributed by atoms with E-state index in [4.69, 9.17) is 17.3 Å². The Hall–Kier alpha value is -1.52. The van der Waals surface area contributed by atoms with Gasteiger partial charge in [-0.1, -0.05) is 23.7 Å². The van der Waals surface area contributed by atoms with Crippen molar-refractivity contribution in [3.63, 3.8) is 0 Å². The van der Waals surface area contributed by atoms with Crippen molar-refractivity contribution in [2.24, 2.45) is 0 Å².